The van der Waals surface area contributed by atoms with Gasteiger partial charge >= 0.3 is 0 Å². The zero-order valence-electron chi connectivity index (χ0n) is 12.3. The van der Waals surface area contributed by atoms with E-state index in [2.05, 4.69) is 15.6 Å². The maximum atomic E-state index is 12.1. The van der Waals surface area contributed by atoms with E-state index in [1.54, 1.807) is 36.2 Å². The molecule has 23 heavy (non-hydrogen) atoms. The van der Waals surface area contributed by atoms with E-state index in [-0.39, 0.29) is 11.9 Å². The number of hydrogen-bond acceptors (Lipinski definition) is 5. The van der Waals surface area contributed by atoms with Crippen molar-refractivity contribution in [1.82, 2.24) is 10.3 Å². The summed E-state index contributed by atoms with van der Waals surface area (Å²) in [5, 5.41) is 6.44. The highest BCUT2D eigenvalue weighted by Gasteiger charge is 2.22. The molecule has 3 rings (SSSR count). The number of carbonyl (C=O) groups excluding carboxylic acids is 1. The normalized spacial score (nSPS) is 17.0. The van der Waals surface area contributed by atoms with E-state index in [4.69, 9.17) is 16.3 Å². The third-order valence-electron chi connectivity index (χ3n) is 3.33. The molecule has 1 unspecified atom stereocenters. The van der Waals surface area contributed by atoms with Crippen molar-refractivity contribution in [3.05, 3.63) is 53.3 Å². The van der Waals surface area contributed by atoms with Gasteiger partial charge in [-0.05, 0) is 30.3 Å². The zero-order valence-corrected chi connectivity index (χ0v) is 13.9. The van der Waals surface area contributed by atoms with Crippen molar-refractivity contribution in [2.75, 3.05) is 16.9 Å². The van der Waals surface area contributed by atoms with Crippen molar-refractivity contribution in [3.8, 4) is 5.75 Å². The number of thioether (sulfide) groups is 1. The fraction of sp³-hybridized carbons (Fsp3) is 0.250. The van der Waals surface area contributed by atoms with Gasteiger partial charge < -0.3 is 10.1 Å². The van der Waals surface area contributed by atoms with Crippen molar-refractivity contribution in [1.29, 1.82) is 0 Å². The lowest BCUT2D eigenvalue weighted by Crippen LogP contribution is -2.37. The van der Waals surface area contributed by atoms with Gasteiger partial charge in [0, 0.05) is 23.5 Å². The minimum absolute atomic E-state index is 0.0479. The predicted octanol–water partition coefficient (Wildman–Crippen LogP) is 2.92. The second-order valence-corrected chi connectivity index (χ2v) is 6.45. The number of benzene rings is 1. The van der Waals surface area contributed by atoms with Gasteiger partial charge in [-0.1, -0.05) is 17.7 Å². The molecule has 1 atom stereocenters. The van der Waals surface area contributed by atoms with Crippen molar-refractivity contribution >= 4 is 35.0 Å². The van der Waals surface area contributed by atoms with E-state index in [1.807, 2.05) is 18.2 Å². The Morgan fingerprint density at radius 1 is 1.43 bits per heavy atom. The van der Waals surface area contributed by atoms with Gasteiger partial charge in [-0.25, -0.2) is 0 Å². The van der Waals surface area contributed by atoms with Gasteiger partial charge in [0.05, 0.1) is 16.8 Å². The molecule has 5 nitrogen and oxygen atoms in total. The first kappa shape index (κ1) is 16.1. The van der Waals surface area contributed by atoms with Gasteiger partial charge in [0.1, 0.15) is 12.4 Å². The summed E-state index contributed by atoms with van der Waals surface area (Å²) in [6.07, 6.45) is 1.72. The smallest absolute Gasteiger partial charge is 0.242 e. The molecule has 1 aliphatic rings. The van der Waals surface area contributed by atoms with Crippen LogP contribution in [0, 0.1) is 0 Å². The average Bonchev–Trinajstić information content (AvgIpc) is 3.10. The summed E-state index contributed by atoms with van der Waals surface area (Å²) in [5.41, 5.74) is 1.48. The highest BCUT2D eigenvalue weighted by Crippen LogP contribution is 2.28. The Bertz CT molecular complexity index is 678. The number of carbonyl (C=O) groups is 1. The number of halogens is 1. The Morgan fingerprint density at radius 3 is 3.04 bits per heavy atom. The van der Waals surface area contributed by atoms with Crippen molar-refractivity contribution in [3.63, 3.8) is 0 Å². The number of aromatic nitrogens is 1. The van der Waals surface area contributed by atoms with E-state index >= 15 is 0 Å². The van der Waals surface area contributed by atoms with Crippen LogP contribution in [0.1, 0.15) is 5.69 Å². The lowest BCUT2D eigenvalue weighted by molar-refractivity contribution is -0.117. The molecule has 0 radical (unpaired) electrons. The van der Waals surface area contributed by atoms with Gasteiger partial charge in [-0.15, -0.1) is 11.8 Å². The molecule has 1 aliphatic heterocycles. The third-order valence-corrected chi connectivity index (χ3v) is 4.57. The molecule has 1 saturated heterocycles. The number of amides is 1. The largest absolute Gasteiger partial charge is 0.486 e. The van der Waals surface area contributed by atoms with Crippen molar-refractivity contribution in [2.45, 2.75) is 12.6 Å². The number of anilines is 1. The molecule has 1 aromatic heterocycles. The van der Waals surface area contributed by atoms with Crippen LogP contribution < -0.4 is 15.4 Å². The lowest BCUT2D eigenvalue weighted by atomic mass is 10.2. The minimum Gasteiger partial charge on any atom is -0.486 e. The third kappa shape index (κ3) is 4.37. The van der Waals surface area contributed by atoms with E-state index in [9.17, 15) is 4.79 Å². The standard InChI is InChI=1S/C16H16ClN3O2S/c17-13-7-11(20-16(21)14-9-23-10-19-14)4-5-15(13)22-8-12-3-1-2-6-18-12/h1-7,14,19H,8-10H2,(H,20,21). The number of ether oxygens (including phenoxy) is 1. The molecular weight excluding hydrogens is 334 g/mol. The summed E-state index contributed by atoms with van der Waals surface area (Å²) >= 11 is 7.93. The number of pyridine rings is 1. The Balaban J connectivity index is 1.60. The molecule has 2 N–H and O–H groups in total. The highest BCUT2D eigenvalue weighted by atomic mass is 35.5. The molecule has 0 aliphatic carbocycles. The molecule has 1 aromatic carbocycles. The van der Waals surface area contributed by atoms with Crippen LogP contribution in [0.2, 0.25) is 5.02 Å². The molecule has 0 bridgehead atoms. The summed E-state index contributed by atoms with van der Waals surface area (Å²) in [6.45, 7) is 0.343. The summed E-state index contributed by atoms with van der Waals surface area (Å²) in [5.74, 6) is 2.10. The molecule has 120 valence electrons. The maximum absolute atomic E-state index is 12.1. The quantitative estimate of drug-likeness (QED) is 0.869. The Hall–Kier alpha value is -1.76. The molecule has 0 saturated carbocycles. The predicted molar refractivity (Wildman–Crippen MR) is 92.9 cm³/mol. The first-order valence-electron chi connectivity index (χ1n) is 7.16. The fourth-order valence-electron chi connectivity index (χ4n) is 2.12. The summed E-state index contributed by atoms with van der Waals surface area (Å²) < 4.78 is 5.66. The Morgan fingerprint density at radius 2 is 2.35 bits per heavy atom. The topological polar surface area (TPSA) is 63.2 Å². The zero-order chi connectivity index (χ0) is 16.1. The van der Waals surface area contributed by atoms with E-state index in [1.165, 1.54) is 0 Å². The minimum atomic E-state index is -0.154. The van der Waals surface area contributed by atoms with E-state index in [0.29, 0.717) is 23.1 Å². The van der Waals surface area contributed by atoms with Crippen LogP contribution in [0.5, 0.6) is 5.75 Å². The van der Waals surface area contributed by atoms with Crippen LogP contribution in [0.4, 0.5) is 5.69 Å². The van der Waals surface area contributed by atoms with E-state index < -0.39 is 0 Å². The number of nitrogens with one attached hydrogen (secondary N) is 2. The van der Waals surface area contributed by atoms with Crippen LogP contribution in [-0.2, 0) is 11.4 Å². The first-order valence-corrected chi connectivity index (χ1v) is 8.70. The van der Waals surface area contributed by atoms with Gasteiger partial charge in [0.25, 0.3) is 0 Å². The summed E-state index contributed by atoms with van der Waals surface area (Å²) in [4.78, 5) is 16.2. The monoisotopic (exact) mass is 349 g/mol. The fourth-order valence-corrected chi connectivity index (χ4v) is 3.30. The van der Waals surface area contributed by atoms with Gasteiger partial charge in [0.15, 0.2) is 0 Å². The lowest BCUT2D eigenvalue weighted by Gasteiger charge is -2.12. The second-order valence-electron chi connectivity index (χ2n) is 5.02. The van der Waals surface area contributed by atoms with E-state index in [0.717, 1.165) is 17.3 Å². The SMILES string of the molecule is O=C(Nc1ccc(OCc2ccccn2)c(Cl)c1)C1CSCN1. The number of nitrogens with zero attached hydrogens (tertiary/aromatic N) is 1. The molecule has 1 fully saturated rings. The van der Waals surface area contributed by atoms with Gasteiger partial charge in [-0.2, -0.15) is 0 Å². The second kappa shape index (κ2) is 7.68. The summed E-state index contributed by atoms with van der Waals surface area (Å²) in [6, 6.07) is 10.7. The average molecular weight is 350 g/mol. The Labute approximate surface area is 143 Å². The van der Waals surface area contributed by atoms with Crippen LogP contribution in [-0.4, -0.2) is 28.6 Å². The van der Waals surface area contributed by atoms with Crippen LogP contribution in [0.15, 0.2) is 42.6 Å². The van der Waals surface area contributed by atoms with Crippen LogP contribution in [0.3, 0.4) is 0 Å². The van der Waals surface area contributed by atoms with Crippen LogP contribution >= 0.6 is 23.4 Å². The molecule has 0 spiro atoms. The van der Waals surface area contributed by atoms with Gasteiger partial charge in [0.2, 0.25) is 5.91 Å². The molecular formula is C16H16ClN3O2S. The first-order chi connectivity index (χ1) is 11.2. The van der Waals surface area contributed by atoms with Gasteiger partial charge in [-0.3, -0.25) is 15.1 Å². The number of rotatable bonds is 5. The van der Waals surface area contributed by atoms with Crippen molar-refractivity contribution < 1.29 is 9.53 Å². The van der Waals surface area contributed by atoms with Crippen LogP contribution in [0.25, 0.3) is 0 Å². The summed E-state index contributed by atoms with van der Waals surface area (Å²) in [7, 11) is 0. The highest BCUT2D eigenvalue weighted by molar-refractivity contribution is 7.99. The molecule has 1 amide bonds. The molecule has 2 heterocycles. The Kier molecular flexibility index (Phi) is 5.38. The molecule has 7 heteroatoms. The van der Waals surface area contributed by atoms with Crippen molar-refractivity contribution in [2.24, 2.45) is 0 Å². The maximum Gasteiger partial charge on any atom is 0.242 e. The molecule has 2 aromatic rings. The number of hydrogen-bond donors (Lipinski definition) is 2.